The van der Waals surface area contributed by atoms with Crippen LogP contribution in [-0.2, 0) is 0 Å². The molecule has 0 nitrogen and oxygen atoms in total. The molecule has 5 heteroatoms. The zero-order valence-electron chi connectivity index (χ0n) is 5.62. The summed E-state index contributed by atoms with van der Waals surface area (Å²) in [6.07, 6.45) is -2.59. The van der Waals surface area contributed by atoms with Gasteiger partial charge in [0.25, 0.3) is 6.43 Å². The standard InChI is InChI=1S/C7H3BrCl2F2/c8-4-2-1-3(7(11)12)5(9)6(4)10/h1-2,7H. The lowest BCUT2D eigenvalue weighted by Gasteiger charge is -2.05. The summed E-state index contributed by atoms with van der Waals surface area (Å²) >= 11 is 14.2. The lowest BCUT2D eigenvalue weighted by atomic mass is 10.2. The maximum atomic E-state index is 12.2. The first-order chi connectivity index (χ1) is 5.54. The summed E-state index contributed by atoms with van der Waals surface area (Å²) in [6.45, 7) is 0. The monoisotopic (exact) mass is 274 g/mol. The van der Waals surface area contributed by atoms with Crippen LogP contribution in [0.15, 0.2) is 16.6 Å². The molecule has 0 spiro atoms. The number of halogens is 5. The molecule has 0 aromatic heterocycles. The van der Waals surface area contributed by atoms with E-state index in [0.29, 0.717) is 4.47 Å². The molecule has 0 fully saturated rings. The molecule has 0 radical (unpaired) electrons. The maximum Gasteiger partial charge on any atom is 0.265 e. The summed E-state index contributed by atoms with van der Waals surface area (Å²) < 4.78 is 24.9. The van der Waals surface area contributed by atoms with Crippen molar-refractivity contribution in [1.82, 2.24) is 0 Å². The van der Waals surface area contributed by atoms with Crippen molar-refractivity contribution < 1.29 is 8.78 Å². The summed E-state index contributed by atoms with van der Waals surface area (Å²) in [6, 6.07) is 2.68. The second-order valence-electron chi connectivity index (χ2n) is 2.07. The zero-order chi connectivity index (χ0) is 9.30. The van der Waals surface area contributed by atoms with Crippen LogP contribution < -0.4 is 0 Å². The van der Waals surface area contributed by atoms with E-state index in [4.69, 9.17) is 23.2 Å². The Kier molecular flexibility index (Phi) is 3.32. The fraction of sp³-hybridized carbons (Fsp3) is 0.143. The van der Waals surface area contributed by atoms with Crippen LogP contribution in [-0.4, -0.2) is 0 Å². The predicted molar refractivity (Wildman–Crippen MR) is 49.1 cm³/mol. The molecule has 0 aliphatic heterocycles. The molecule has 0 unspecified atom stereocenters. The first kappa shape index (κ1) is 10.2. The smallest absolute Gasteiger partial charge is 0.205 e. The number of rotatable bonds is 1. The highest BCUT2D eigenvalue weighted by atomic mass is 79.9. The van der Waals surface area contributed by atoms with Crippen LogP contribution in [0.3, 0.4) is 0 Å². The normalized spacial score (nSPS) is 10.8. The Morgan fingerprint density at radius 3 is 2.25 bits per heavy atom. The van der Waals surface area contributed by atoms with Crippen molar-refractivity contribution in [3.8, 4) is 0 Å². The van der Waals surface area contributed by atoms with Gasteiger partial charge in [-0.3, -0.25) is 0 Å². The van der Waals surface area contributed by atoms with Crippen molar-refractivity contribution in [2.24, 2.45) is 0 Å². The van der Waals surface area contributed by atoms with Crippen LogP contribution in [0.4, 0.5) is 8.78 Å². The average molecular weight is 276 g/mol. The Bertz CT molecular complexity index is 302. The second-order valence-corrected chi connectivity index (χ2v) is 3.68. The molecule has 1 aromatic rings. The van der Waals surface area contributed by atoms with E-state index in [-0.39, 0.29) is 15.6 Å². The fourth-order valence-electron chi connectivity index (χ4n) is 0.709. The van der Waals surface area contributed by atoms with Gasteiger partial charge in [0.1, 0.15) is 0 Å². The minimum absolute atomic E-state index is 0.0963. The van der Waals surface area contributed by atoms with E-state index in [0.717, 1.165) is 0 Å². The van der Waals surface area contributed by atoms with Crippen LogP contribution in [0.1, 0.15) is 12.0 Å². The quantitative estimate of drug-likeness (QED) is 0.652. The number of benzene rings is 1. The molecular weight excluding hydrogens is 273 g/mol. The Morgan fingerprint density at radius 2 is 1.75 bits per heavy atom. The van der Waals surface area contributed by atoms with Gasteiger partial charge < -0.3 is 0 Å². The third-order valence-electron chi connectivity index (χ3n) is 1.30. The topological polar surface area (TPSA) is 0 Å². The minimum Gasteiger partial charge on any atom is -0.205 e. The van der Waals surface area contributed by atoms with Crippen molar-refractivity contribution in [2.45, 2.75) is 6.43 Å². The van der Waals surface area contributed by atoms with Crippen molar-refractivity contribution in [3.63, 3.8) is 0 Å². The Labute approximate surface area is 86.6 Å². The van der Waals surface area contributed by atoms with Gasteiger partial charge in [0.2, 0.25) is 0 Å². The van der Waals surface area contributed by atoms with E-state index in [2.05, 4.69) is 15.9 Å². The molecule has 0 aliphatic rings. The summed E-state index contributed by atoms with van der Waals surface area (Å²) in [5.41, 5.74) is -0.245. The van der Waals surface area contributed by atoms with Crippen molar-refractivity contribution in [2.75, 3.05) is 0 Å². The van der Waals surface area contributed by atoms with Gasteiger partial charge in [0.15, 0.2) is 0 Å². The van der Waals surface area contributed by atoms with Crippen molar-refractivity contribution in [3.05, 3.63) is 32.2 Å². The molecule has 0 heterocycles. The highest BCUT2D eigenvalue weighted by Crippen LogP contribution is 2.36. The molecule has 12 heavy (non-hydrogen) atoms. The average Bonchev–Trinajstić information content (AvgIpc) is 2.00. The summed E-state index contributed by atoms with van der Waals surface area (Å²) in [7, 11) is 0. The van der Waals surface area contributed by atoms with E-state index >= 15 is 0 Å². The van der Waals surface area contributed by atoms with Gasteiger partial charge in [-0.1, -0.05) is 29.3 Å². The first-order valence-corrected chi connectivity index (χ1v) is 4.50. The molecule has 66 valence electrons. The zero-order valence-corrected chi connectivity index (χ0v) is 8.72. The SMILES string of the molecule is FC(F)c1ccc(Br)c(Cl)c1Cl. The Hall–Kier alpha value is 0.140. The van der Waals surface area contributed by atoms with Crippen molar-refractivity contribution >= 4 is 39.1 Å². The number of alkyl halides is 2. The summed E-state index contributed by atoms with van der Waals surface area (Å²) in [5.74, 6) is 0. The largest absolute Gasteiger partial charge is 0.265 e. The van der Waals surface area contributed by atoms with Crippen LogP contribution in [0, 0.1) is 0 Å². The third-order valence-corrected chi connectivity index (χ3v) is 3.09. The molecule has 0 saturated carbocycles. The summed E-state index contributed by atoms with van der Waals surface area (Å²) in [5, 5.41) is 0.0236. The number of hydrogen-bond donors (Lipinski definition) is 0. The minimum atomic E-state index is -2.59. The van der Waals surface area contributed by atoms with Crippen LogP contribution in [0.5, 0.6) is 0 Å². The Balaban J connectivity index is 3.27. The molecule has 0 aliphatic carbocycles. The molecule has 0 bridgehead atoms. The predicted octanol–water partition coefficient (Wildman–Crippen LogP) is 4.69. The van der Waals surface area contributed by atoms with Gasteiger partial charge in [-0.05, 0) is 22.0 Å². The maximum absolute atomic E-state index is 12.2. The van der Waals surface area contributed by atoms with Gasteiger partial charge >= 0.3 is 0 Å². The van der Waals surface area contributed by atoms with E-state index in [9.17, 15) is 8.78 Å². The second kappa shape index (κ2) is 3.90. The van der Waals surface area contributed by atoms with Crippen molar-refractivity contribution in [1.29, 1.82) is 0 Å². The van der Waals surface area contributed by atoms with Crippen LogP contribution in [0.2, 0.25) is 10.0 Å². The van der Waals surface area contributed by atoms with E-state index in [1.54, 1.807) is 0 Å². The van der Waals surface area contributed by atoms with Gasteiger partial charge in [-0.15, -0.1) is 0 Å². The van der Waals surface area contributed by atoms with Crippen LogP contribution in [0.25, 0.3) is 0 Å². The molecule has 0 saturated heterocycles. The molecule has 0 amide bonds. The molecule has 0 atom stereocenters. The molecule has 1 rings (SSSR count). The molecule has 1 aromatic carbocycles. The van der Waals surface area contributed by atoms with E-state index < -0.39 is 6.43 Å². The van der Waals surface area contributed by atoms with E-state index in [1.807, 2.05) is 0 Å². The van der Waals surface area contributed by atoms with Crippen LogP contribution >= 0.6 is 39.1 Å². The highest BCUT2D eigenvalue weighted by molar-refractivity contribution is 9.10. The third kappa shape index (κ3) is 1.90. The first-order valence-electron chi connectivity index (χ1n) is 2.95. The number of hydrogen-bond acceptors (Lipinski definition) is 0. The van der Waals surface area contributed by atoms with Gasteiger partial charge in [-0.2, -0.15) is 0 Å². The van der Waals surface area contributed by atoms with Gasteiger partial charge in [0.05, 0.1) is 10.0 Å². The lowest BCUT2D eigenvalue weighted by Crippen LogP contribution is -1.86. The molecular formula is C7H3BrCl2F2. The molecule has 0 N–H and O–H groups in total. The van der Waals surface area contributed by atoms with Gasteiger partial charge in [0, 0.05) is 10.0 Å². The lowest BCUT2D eigenvalue weighted by molar-refractivity contribution is 0.151. The fourth-order valence-corrected chi connectivity index (χ4v) is 1.57. The summed E-state index contributed by atoms with van der Waals surface area (Å²) in [4.78, 5) is 0. The Morgan fingerprint density at radius 1 is 1.17 bits per heavy atom. The highest BCUT2D eigenvalue weighted by Gasteiger charge is 2.15. The van der Waals surface area contributed by atoms with Gasteiger partial charge in [-0.25, -0.2) is 8.78 Å². The van der Waals surface area contributed by atoms with E-state index in [1.165, 1.54) is 12.1 Å².